The van der Waals surface area contributed by atoms with Gasteiger partial charge in [-0.3, -0.25) is 14.3 Å². The average molecular weight is 364 g/mol. The van der Waals surface area contributed by atoms with Crippen molar-refractivity contribution in [1.29, 1.82) is 0 Å². The first-order valence-electron chi connectivity index (χ1n) is 7.75. The molecule has 2 aromatic heterocycles. The van der Waals surface area contributed by atoms with Gasteiger partial charge in [0.2, 0.25) is 0 Å². The molecular weight excluding hydrogens is 344 g/mol. The lowest BCUT2D eigenvalue weighted by Crippen LogP contribution is -2.15. The smallest absolute Gasteiger partial charge is 0.341 e. The number of rotatable bonds is 6. The van der Waals surface area contributed by atoms with Crippen molar-refractivity contribution in [3.8, 4) is 0 Å². The lowest BCUT2D eigenvalue weighted by Gasteiger charge is -2.06. The van der Waals surface area contributed by atoms with E-state index in [1.54, 1.807) is 31.6 Å². The van der Waals surface area contributed by atoms with Crippen molar-refractivity contribution in [3.63, 3.8) is 0 Å². The third-order valence-electron chi connectivity index (χ3n) is 3.59. The molecule has 0 bridgehead atoms. The normalized spacial score (nSPS) is 10.6. The Morgan fingerprint density at radius 3 is 2.52 bits per heavy atom. The minimum atomic E-state index is -0.663. The summed E-state index contributed by atoms with van der Waals surface area (Å²) in [6, 6.07) is 0. The van der Waals surface area contributed by atoms with E-state index in [9.17, 15) is 14.4 Å². The van der Waals surface area contributed by atoms with Crippen LogP contribution in [0.15, 0.2) is 6.20 Å². The van der Waals surface area contributed by atoms with Gasteiger partial charge in [0.05, 0.1) is 28.3 Å². The van der Waals surface area contributed by atoms with Gasteiger partial charge in [0.15, 0.2) is 0 Å². The highest BCUT2D eigenvalue weighted by Gasteiger charge is 2.26. The Hall–Kier alpha value is -2.68. The van der Waals surface area contributed by atoms with Crippen LogP contribution in [0.4, 0.5) is 5.00 Å². The molecule has 0 unspecified atom stereocenters. The highest BCUT2D eigenvalue weighted by molar-refractivity contribution is 7.18. The second-order valence-corrected chi connectivity index (χ2v) is 6.30. The molecule has 0 aliphatic rings. The summed E-state index contributed by atoms with van der Waals surface area (Å²) in [4.78, 5) is 36.6. The Morgan fingerprint density at radius 2 is 2.00 bits per heavy atom. The molecule has 9 heteroatoms. The topological polar surface area (TPSA) is 116 Å². The van der Waals surface area contributed by atoms with Crippen LogP contribution in [0, 0.1) is 13.8 Å². The molecule has 0 fully saturated rings. The number of nitrogens with one attached hydrogen (secondary N) is 1. The first-order chi connectivity index (χ1) is 11.8. The predicted molar refractivity (Wildman–Crippen MR) is 94.1 cm³/mol. The molecule has 0 aliphatic carbocycles. The van der Waals surface area contributed by atoms with E-state index in [1.807, 2.05) is 6.92 Å². The number of nitrogens with zero attached hydrogens (tertiary/aromatic N) is 2. The molecule has 2 rings (SSSR count). The fraction of sp³-hybridized carbons (Fsp3) is 0.375. The molecule has 0 saturated carbocycles. The maximum Gasteiger partial charge on any atom is 0.341 e. The molecule has 0 spiro atoms. The van der Waals surface area contributed by atoms with Crippen LogP contribution < -0.4 is 11.1 Å². The minimum Gasteiger partial charge on any atom is -0.462 e. The third kappa shape index (κ3) is 3.71. The van der Waals surface area contributed by atoms with Crippen LogP contribution in [0.5, 0.6) is 0 Å². The Labute approximate surface area is 149 Å². The van der Waals surface area contributed by atoms with Gasteiger partial charge >= 0.3 is 5.97 Å². The summed E-state index contributed by atoms with van der Waals surface area (Å²) >= 11 is 0.955. The number of hydrogen-bond donors (Lipinski definition) is 2. The van der Waals surface area contributed by atoms with E-state index in [4.69, 9.17) is 10.5 Å². The van der Waals surface area contributed by atoms with E-state index in [2.05, 4.69) is 10.4 Å². The number of thiophene rings is 1. The van der Waals surface area contributed by atoms with Gasteiger partial charge in [-0.05, 0) is 33.3 Å². The fourth-order valence-electron chi connectivity index (χ4n) is 2.36. The van der Waals surface area contributed by atoms with E-state index in [0.717, 1.165) is 11.3 Å². The van der Waals surface area contributed by atoms with E-state index in [0.29, 0.717) is 23.4 Å². The molecule has 3 N–H and O–H groups in total. The van der Waals surface area contributed by atoms with Gasteiger partial charge in [0.1, 0.15) is 5.00 Å². The van der Waals surface area contributed by atoms with Crippen LogP contribution in [0.2, 0.25) is 0 Å². The van der Waals surface area contributed by atoms with E-state index in [-0.39, 0.29) is 22.0 Å². The summed E-state index contributed by atoms with van der Waals surface area (Å²) in [5.74, 6) is -1.69. The number of hydrogen-bond acceptors (Lipinski definition) is 6. The van der Waals surface area contributed by atoms with Gasteiger partial charge in [0, 0.05) is 12.7 Å². The number of anilines is 1. The van der Waals surface area contributed by atoms with Crippen molar-refractivity contribution in [3.05, 3.63) is 33.5 Å². The molecule has 0 saturated heterocycles. The predicted octanol–water partition coefficient (Wildman–Crippen LogP) is 2.11. The van der Waals surface area contributed by atoms with Gasteiger partial charge in [0.25, 0.3) is 11.8 Å². The van der Waals surface area contributed by atoms with Gasteiger partial charge in [-0.15, -0.1) is 11.3 Å². The second-order valence-electron chi connectivity index (χ2n) is 5.28. The zero-order chi connectivity index (χ0) is 18.7. The van der Waals surface area contributed by atoms with Crippen molar-refractivity contribution in [2.45, 2.75) is 34.2 Å². The van der Waals surface area contributed by atoms with Crippen LogP contribution in [0.1, 0.15) is 55.5 Å². The Morgan fingerprint density at radius 1 is 1.32 bits per heavy atom. The summed E-state index contributed by atoms with van der Waals surface area (Å²) in [5.41, 5.74) is 6.86. The quantitative estimate of drug-likeness (QED) is 0.762. The van der Waals surface area contributed by atoms with Crippen LogP contribution in [0.25, 0.3) is 0 Å². The Balaban J connectivity index is 2.42. The zero-order valence-corrected chi connectivity index (χ0v) is 15.3. The van der Waals surface area contributed by atoms with E-state index >= 15 is 0 Å². The lowest BCUT2D eigenvalue weighted by molar-refractivity contribution is 0.0527. The number of nitrogens with two attached hydrogens (primary N) is 1. The molecule has 8 nitrogen and oxygen atoms in total. The van der Waals surface area contributed by atoms with Gasteiger partial charge < -0.3 is 15.8 Å². The second kappa shape index (κ2) is 7.47. The number of carbonyl (C=O) groups excluding carboxylic acids is 3. The number of carbonyl (C=O) groups is 3. The summed E-state index contributed by atoms with van der Waals surface area (Å²) in [6.45, 7) is 7.72. The SMILES string of the molecule is CCOC(=O)c1c(NC(=O)c2cn(CC)nc2C)sc(C(N)=O)c1C. The lowest BCUT2D eigenvalue weighted by atomic mass is 10.1. The number of amides is 2. The van der Waals surface area contributed by atoms with Crippen LogP contribution in [-0.4, -0.2) is 34.2 Å². The van der Waals surface area contributed by atoms with Crippen molar-refractivity contribution in [1.82, 2.24) is 9.78 Å². The van der Waals surface area contributed by atoms with Crippen LogP contribution >= 0.6 is 11.3 Å². The molecular formula is C16H20N4O4S. The molecule has 2 amide bonds. The molecule has 0 aliphatic heterocycles. The highest BCUT2D eigenvalue weighted by atomic mass is 32.1. The van der Waals surface area contributed by atoms with E-state index < -0.39 is 17.8 Å². The summed E-state index contributed by atoms with van der Waals surface area (Å²) in [5, 5.41) is 7.14. The Kier molecular flexibility index (Phi) is 5.58. The maximum absolute atomic E-state index is 12.6. The van der Waals surface area contributed by atoms with E-state index in [1.165, 1.54) is 0 Å². The fourth-order valence-corrected chi connectivity index (χ4v) is 3.40. The molecule has 0 atom stereocenters. The molecule has 25 heavy (non-hydrogen) atoms. The summed E-state index contributed by atoms with van der Waals surface area (Å²) in [7, 11) is 0. The molecule has 2 aromatic rings. The molecule has 0 aromatic carbocycles. The summed E-state index contributed by atoms with van der Waals surface area (Å²) in [6.07, 6.45) is 1.63. The molecule has 134 valence electrons. The molecule has 0 radical (unpaired) electrons. The van der Waals surface area contributed by atoms with Gasteiger partial charge in [-0.2, -0.15) is 5.10 Å². The van der Waals surface area contributed by atoms with Gasteiger partial charge in [-0.25, -0.2) is 4.79 Å². The summed E-state index contributed by atoms with van der Waals surface area (Å²) < 4.78 is 6.67. The highest BCUT2D eigenvalue weighted by Crippen LogP contribution is 2.34. The van der Waals surface area contributed by atoms with Gasteiger partial charge in [-0.1, -0.05) is 0 Å². The Bertz CT molecular complexity index is 838. The molecule has 2 heterocycles. The number of aromatic nitrogens is 2. The zero-order valence-electron chi connectivity index (χ0n) is 14.5. The van der Waals surface area contributed by atoms with Crippen molar-refractivity contribution in [2.24, 2.45) is 5.73 Å². The first kappa shape index (κ1) is 18.7. The number of aryl methyl sites for hydroxylation is 2. The largest absolute Gasteiger partial charge is 0.462 e. The minimum absolute atomic E-state index is 0.148. The van der Waals surface area contributed by atoms with Crippen LogP contribution in [-0.2, 0) is 11.3 Å². The number of primary amides is 1. The first-order valence-corrected chi connectivity index (χ1v) is 8.57. The maximum atomic E-state index is 12.6. The average Bonchev–Trinajstić information content (AvgIpc) is 3.07. The standard InChI is InChI=1S/C16H20N4O4S/c1-5-20-7-10(9(4)19-20)14(22)18-15-11(16(23)24-6-2)8(3)12(25-15)13(17)21/h7H,5-6H2,1-4H3,(H2,17,21)(H,18,22). The van der Waals surface area contributed by atoms with Crippen molar-refractivity contribution in [2.75, 3.05) is 11.9 Å². The van der Waals surface area contributed by atoms with Crippen molar-refractivity contribution < 1.29 is 19.1 Å². The monoisotopic (exact) mass is 364 g/mol. The van der Waals surface area contributed by atoms with Crippen molar-refractivity contribution >= 4 is 34.1 Å². The number of esters is 1. The van der Waals surface area contributed by atoms with Crippen LogP contribution in [0.3, 0.4) is 0 Å². The third-order valence-corrected chi connectivity index (χ3v) is 4.81. The number of ether oxygens (including phenoxy) is 1.